The van der Waals surface area contributed by atoms with Crippen molar-refractivity contribution < 1.29 is 13.5 Å². The fourth-order valence-corrected chi connectivity index (χ4v) is 4.07. The van der Waals surface area contributed by atoms with Gasteiger partial charge in [0.2, 0.25) is 0 Å². The van der Waals surface area contributed by atoms with E-state index >= 15 is 0 Å². The molecule has 0 unspecified atom stereocenters. The van der Waals surface area contributed by atoms with E-state index in [2.05, 4.69) is 4.72 Å². The summed E-state index contributed by atoms with van der Waals surface area (Å²) < 4.78 is 26.9. The van der Waals surface area contributed by atoms with Gasteiger partial charge in [-0.2, -0.15) is 0 Å². The number of aliphatic hydroxyl groups is 1. The lowest BCUT2D eigenvalue weighted by molar-refractivity contribution is 0.172. The fraction of sp³-hybridized carbons (Fsp3) is 0.600. The monoisotopic (exact) mass is 278 g/mol. The predicted octanol–water partition coefficient (Wildman–Crippen LogP) is 1.16. The number of hydrogen-bond donors (Lipinski definition) is 3. The van der Waals surface area contributed by atoms with Crippen LogP contribution in [-0.2, 0) is 10.0 Å². The van der Waals surface area contributed by atoms with Crippen LogP contribution < -0.4 is 10.5 Å². The highest BCUT2D eigenvalue weighted by atomic mass is 32.2. The van der Waals surface area contributed by atoms with E-state index in [0.29, 0.717) is 18.5 Å². The van der Waals surface area contributed by atoms with E-state index < -0.39 is 15.6 Å². The van der Waals surface area contributed by atoms with Crippen molar-refractivity contribution in [2.24, 2.45) is 0 Å². The Hall–Kier alpha value is -0.630. The summed E-state index contributed by atoms with van der Waals surface area (Å²) in [5, 5.41) is 10.9. The van der Waals surface area contributed by atoms with Crippen molar-refractivity contribution in [1.29, 1.82) is 0 Å². The smallest absolute Gasteiger partial charge is 0.250 e. The molecule has 0 aliphatic rings. The third-order valence-corrected chi connectivity index (χ3v) is 5.90. The van der Waals surface area contributed by atoms with Crippen LogP contribution in [0.25, 0.3) is 0 Å². The van der Waals surface area contributed by atoms with Crippen LogP contribution in [0, 0.1) is 0 Å². The minimum Gasteiger partial charge on any atom is -0.398 e. The molecule has 0 saturated heterocycles. The maximum absolute atomic E-state index is 12.1. The molecule has 4 N–H and O–H groups in total. The van der Waals surface area contributed by atoms with Gasteiger partial charge in [0.25, 0.3) is 10.0 Å². The SMILES string of the molecule is CCC(CC)(CO)NS(=O)(=O)c1cc(N)cs1. The van der Waals surface area contributed by atoms with Gasteiger partial charge in [-0.1, -0.05) is 13.8 Å². The third kappa shape index (κ3) is 3.19. The number of aliphatic hydroxyl groups excluding tert-OH is 1. The van der Waals surface area contributed by atoms with E-state index in [1.165, 1.54) is 6.07 Å². The first-order chi connectivity index (χ1) is 7.89. The second-order valence-corrected chi connectivity index (χ2v) is 6.77. The van der Waals surface area contributed by atoms with Crippen molar-refractivity contribution in [1.82, 2.24) is 4.72 Å². The summed E-state index contributed by atoms with van der Waals surface area (Å²) in [5.74, 6) is 0. The molecule has 1 rings (SSSR count). The van der Waals surface area contributed by atoms with E-state index in [-0.39, 0.29) is 10.8 Å². The van der Waals surface area contributed by atoms with Crippen molar-refractivity contribution in [3.8, 4) is 0 Å². The van der Waals surface area contributed by atoms with Gasteiger partial charge >= 0.3 is 0 Å². The zero-order valence-corrected chi connectivity index (χ0v) is 11.6. The lowest BCUT2D eigenvalue weighted by Crippen LogP contribution is -2.50. The van der Waals surface area contributed by atoms with E-state index in [4.69, 9.17) is 5.73 Å². The van der Waals surface area contributed by atoms with Crippen LogP contribution >= 0.6 is 11.3 Å². The number of sulfonamides is 1. The molecule has 1 aromatic rings. The van der Waals surface area contributed by atoms with Crippen LogP contribution in [0.2, 0.25) is 0 Å². The standard InChI is InChI=1S/C10H18N2O3S2/c1-3-10(4-2,7-13)12-17(14,15)9-5-8(11)6-16-9/h5-6,12-13H,3-4,7,11H2,1-2H3. The lowest BCUT2D eigenvalue weighted by Gasteiger charge is -2.29. The van der Waals surface area contributed by atoms with Crippen molar-refractivity contribution in [3.05, 3.63) is 11.4 Å². The summed E-state index contributed by atoms with van der Waals surface area (Å²) in [7, 11) is -3.60. The second-order valence-electron chi connectivity index (χ2n) is 3.95. The fourth-order valence-electron chi connectivity index (χ4n) is 1.46. The van der Waals surface area contributed by atoms with Gasteiger partial charge in [-0.05, 0) is 18.9 Å². The van der Waals surface area contributed by atoms with Gasteiger partial charge in [0, 0.05) is 11.1 Å². The summed E-state index contributed by atoms with van der Waals surface area (Å²) in [6.07, 6.45) is 1.06. The van der Waals surface area contributed by atoms with Crippen LogP contribution in [0.15, 0.2) is 15.7 Å². The van der Waals surface area contributed by atoms with Gasteiger partial charge < -0.3 is 10.8 Å². The number of nitrogens with two attached hydrogens (primary N) is 1. The topological polar surface area (TPSA) is 92.4 Å². The highest BCUT2D eigenvalue weighted by Gasteiger charge is 2.32. The Bertz CT molecular complexity index is 455. The van der Waals surface area contributed by atoms with Gasteiger partial charge in [-0.3, -0.25) is 0 Å². The van der Waals surface area contributed by atoms with Crippen molar-refractivity contribution in [2.45, 2.75) is 36.4 Å². The maximum atomic E-state index is 12.1. The van der Waals surface area contributed by atoms with E-state index in [1.807, 2.05) is 13.8 Å². The average molecular weight is 278 g/mol. The van der Waals surface area contributed by atoms with Crippen LogP contribution in [0.1, 0.15) is 26.7 Å². The molecule has 7 heteroatoms. The molecule has 5 nitrogen and oxygen atoms in total. The molecular weight excluding hydrogens is 260 g/mol. The van der Waals surface area contributed by atoms with Crippen LogP contribution in [-0.4, -0.2) is 25.7 Å². The van der Waals surface area contributed by atoms with Crippen molar-refractivity contribution in [3.63, 3.8) is 0 Å². The first-order valence-corrected chi connectivity index (χ1v) is 7.74. The van der Waals surface area contributed by atoms with E-state index in [0.717, 1.165) is 11.3 Å². The number of nitrogen functional groups attached to an aromatic ring is 1. The number of thiophene rings is 1. The normalized spacial score (nSPS) is 12.9. The molecule has 0 aromatic carbocycles. The molecule has 1 heterocycles. The van der Waals surface area contributed by atoms with Crippen LogP contribution in [0.4, 0.5) is 5.69 Å². The lowest BCUT2D eigenvalue weighted by atomic mass is 9.96. The Morgan fingerprint density at radius 3 is 2.41 bits per heavy atom. The molecule has 0 radical (unpaired) electrons. The average Bonchev–Trinajstić information content (AvgIpc) is 2.74. The summed E-state index contributed by atoms with van der Waals surface area (Å²) in [6, 6.07) is 1.42. The van der Waals surface area contributed by atoms with Gasteiger partial charge in [0.1, 0.15) is 4.21 Å². The quantitative estimate of drug-likeness (QED) is 0.728. The molecule has 0 atom stereocenters. The molecule has 1 aromatic heterocycles. The van der Waals surface area contributed by atoms with Crippen molar-refractivity contribution in [2.75, 3.05) is 12.3 Å². The Labute approximate surface area is 106 Å². The second kappa shape index (κ2) is 5.34. The zero-order chi connectivity index (χ0) is 13.1. The molecular formula is C10H18N2O3S2. The zero-order valence-electron chi connectivity index (χ0n) is 9.93. The summed E-state index contributed by atoms with van der Waals surface area (Å²) in [4.78, 5) is 0. The molecule has 0 spiro atoms. The number of hydrogen-bond acceptors (Lipinski definition) is 5. The van der Waals surface area contributed by atoms with Gasteiger partial charge in [0.05, 0.1) is 12.1 Å². The number of anilines is 1. The number of rotatable bonds is 6. The third-order valence-electron chi connectivity index (χ3n) is 2.87. The molecule has 0 amide bonds. The molecule has 0 saturated carbocycles. The maximum Gasteiger partial charge on any atom is 0.250 e. The summed E-state index contributed by atoms with van der Waals surface area (Å²) >= 11 is 1.07. The van der Waals surface area contributed by atoms with Crippen molar-refractivity contribution >= 4 is 27.0 Å². The van der Waals surface area contributed by atoms with Gasteiger partial charge in [-0.15, -0.1) is 11.3 Å². The molecule has 98 valence electrons. The molecule has 0 fully saturated rings. The summed E-state index contributed by atoms with van der Waals surface area (Å²) in [6.45, 7) is 3.45. The Kier molecular flexibility index (Phi) is 4.54. The number of nitrogens with one attached hydrogen (secondary N) is 1. The highest BCUT2D eigenvalue weighted by Crippen LogP contribution is 2.24. The minimum atomic E-state index is -3.60. The van der Waals surface area contributed by atoms with E-state index in [1.54, 1.807) is 5.38 Å². The Morgan fingerprint density at radius 2 is 2.06 bits per heavy atom. The summed E-state index contributed by atoms with van der Waals surface area (Å²) in [5.41, 5.74) is 5.14. The van der Waals surface area contributed by atoms with Gasteiger partial charge in [0.15, 0.2) is 0 Å². The molecule has 0 bridgehead atoms. The van der Waals surface area contributed by atoms with Gasteiger partial charge in [-0.25, -0.2) is 13.1 Å². The Morgan fingerprint density at radius 1 is 1.47 bits per heavy atom. The first-order valence-electron chi connectivity index (χ1n) is 5.38. The predicted molar refractivity (Wildman–Crippen MR) is 69.5 cm³/mol. The molecule has 0 aliphatic carbocycles. The van der Waals surface area contributed by atoms with Crippen LogP contribution in [0.5, 0.6) is 0 Å². The molecule has 0 aliphatic heterocycles. The minimum absolute atomic E-state index is 0.176. The van der Waals surface area contributed by atoms with Crippen LogP contribution in [0.3, 0.4) is 0 Å². The first kappa shape index (κ1) is 14.4. The highest BCUT2D eigenvalue weighted by molar-refractivity contribution is 7.91. The van der Waals surface area contributed by atoms with E-state index in [9.17, 15) is 13.5 Å². The molecule has 17 heavy (non-hydrogen) atoms. The largest absolute Gasteiger partial charge is 0.398 e. The Balaban J connectivity index is 3.00.